The van der Waals surface area contributed by atoms with E-state index in [1.165, 1.54) is 0 Å². The van der Waals surface area contributed by atoms with E-state index in [2.05, 4.69) is 0 Å². The Morgan fingerprint density at radius 1 is 1.32 bits per heavy atom. The summed E-state index contributed by atoms with van der Waals surface area (Å²) >= 11 is 0. The van der Waals surface area contributed by atoms with Crippen LogP contribution < -0.4 is 0 Å². The molecule has 0 aliphatic heterocycles. The first-order chi connectivity index (χ1) is 8.85. The van der Waals surface area contributed by atoms with Gasteiger partial charge in [0.15, 0.2) is 9.84 Å². The quantitative estimate of drug-likeness (QED) is 0.869. The van der Waals surface area contributed by atoms with Crippen LogP contribution in [0.4, 0.5) is 0 Å². The van der Waals surface area contributed by atoms with Crippen LogP contribution >= 0.6 is 0 Å². The zero-order valence-corrected chi connectivity index (χ0v) is 11.7. The van der Waals surface area contributed by atoms with Crippen molar-refractivity contribution in [3.8, 4) is 0 Å². The molecule has 4 nitrogen and oxygen atoms in total. The van der Waals surface area contributed by atoms with Crippen molar-refractivity contribution in [3.63, 3.8) is 0 Å². The molecule has 1 aliphatic carbocycles. The summed E-state index contributed by atoms with van der Waals surface area (Å²) in [5.74, 6) is -0.942. The van der Waals surface area contributed by atoms with Gasteiger partial charge in [-0.1, -0.05) is 30.3 Å². The highest BCUT2D eigenvalue weighted by Gasteiger charge is 2.48. The minimum Gasteiger partial charge on any atom is -0.481 e. The molecular formula is C14H18O4S. The number of aliphatic carboxylic acids is 1. The van der Waals surface area contributed by atoms with E-state index in [-0.39, 0.29) is 12.2 Å². The number of sulfone groups is 1. The van der Waals surface area contributed by atoms with Crippen molar-refractivity contribution in [2.24, 2.45) is 5.41 Å². The van der Waals surface area contributed by atoms with Gasteiger partial charge in [-0.3, -0.25) is 4.79 Å². The third-order valence-corrected chi connectivity index (χ3v) is 6.16. The SMILES string of the molecule is CC(c1ccccc1)S(=O)(=O)CC1(CC(=O)O)CC1. The summed E-state index contributed by atoms with van der Waals surface area (Å²) in [5.41, 5.74) is 0.238. The second-order valence-electron chi connectivity index (χ2n) is 5.43. The first-order valence-electron chi connectivity index (χ1n) is 6.33. The number of hydrogen-bond acceptors (Lipinski definition) is 3. The number of carboxylic acids is 1. The second-order valence-corrected chi connectivity index (χ2v) is 7.75. The number of carbonyl (C=O) groups is 1. The van der Waals surface area contributed by atoms with Gasteiger partial charge in [-0.15, -0.1) is 0 Å². The molecule has 0 spiro atoms. The lowest BCUT2D eigenvalue weighted by atomic mass is 10.1. The van der Waals surface area contributed by atoms with E-state index in [9.17, 15) is 13.2 Å². The van der Waals surface area contributed by atoms with Crippen LogP contribution in [0.15, 0.2) is 30.3 Å². The van der Waals surface area contributed by atoms with Crippen molar-refractivity contribution in [3.05, 3.63) is 35.9 Å². The minimum atomic E-state index is -3.32. The molecular weight excluding hydrogens is 264 g/mol. The lowest BCUT2D eigenvalue weighted by molar-refractivity contribution is -0.138. The van der Waals surface area contributed by atoms with Gasteiger partial charge in [0, 0.05) is 0 Å². The fourth-order valence-electron chi connectivity index (χ4n) is 2.35. The average molecular weight is 282 g/mol. The normalized spacial score (nSPS) is 18.8. The average Bonchev–Trinajstić information content (AvgIpc) is 3.06. The van der Waals surface area contributed by atoms with Crippen LogP contribution in [0.3, 0.4) is 0 Å². The molecule has 1 atom stereocenters. The zero-order chi connectivity index (χ0) is 14.1. The summed E-state index contributed by atoms with van der Waals surface area (Å²) in [6, 6.07) is 9.05. The molecule has 1 N–H and O–H groups in total. The van der Waals surface area contributed by atoms with E-state index in [1.807, 2.05) is 18.2 Å². The largest absolute Gasteiger partial charge is 0.481 e. The predicted octanol–water partition coefficient (Wildman–Crippen LogP) is 2.42. The van der Waals surface area contributed by atoms with Gasteiger partial charge in [0.25, 0.3) is 0 Å². The first kappa shape index (κ1) is 14.1. The Morgan fingerprint density at radius 2 is 1.89 bits per heavy atom. The molecule has 1 aromatic carbocycles. The standard InChI is InChI=1S/C14H18O4S/c1-11(12-5-3-2-4-6-12)19(17,18)10-14(7-8-14)9-13(15)16/h2-6,11H,7-10H2,1H3,(H,15,16). The van der Waals surface area contributed by atoms with Crippen molar-refractivity contribution >= 4 is 15.8 Å². The molecule has 0 aromatic heterocycles. The van der Waals surface area contributed by atoms with Crippen LogP contribution in [0.1, 0.15) is 37.0 Å². The Balaban J connectivity index is 2.13. The Morgan fingerprint density at radius 3 is 2.37 bits per heavy atom. The molecule has 0 saturated heterocycles. The second kappa shape index (κ2) is 4.96. The van der Waals surface area contributed by atoms with E-state index < -0.39 is 26.5 Å². The molecule has 0 radical (unpaired) electrons. The third kappa shape index (κ3) is 3.35. The summed E-state index contributed by atoms with van der Waals surface area (Å²) in [6.45, 7) is 1.67. The summed E-state index contributed by atoms with van der Waals surface area (Å²) in [6.07, 6.45) is 1.34. The van der Waals surface area contributed by atoms with Gasteiger partial charge in [0.05, 0.1) is 17.4 Å². The molecule has 1 saturated carbocycles. The summed E-state index contributed by atoms with van der Waals surface area (Å²) < 4.78 is 24.8. The topological polar surface area (TPSA) is 71.4 Å². The van der Waals surface area contributed by atoms with Crippen molar-refractivity contribution in [2.75, 3.05) is 5.75 Å². The maximum atomic E-state index is 12.4. The molecule has 1 unspecified atom stereocenters. The lowest BCUT2D eigenvalue weighted by Crippen LogP contribution is -2.23. The number of rotatable bonds is 6. The van der Waals surface area contributed by atoms with Crippen LogP contribution in [0.25, 0.3) is 0 Å². The van der Waals surface area contributed by atoms with E-state index in [0.29, 0.717) is 12.8 Å². The van der Waals surface area contributed by atoms with Crippen molar-refractivity contribution in [2.45, 2.75) is 31.4 Å². The smallest absolute Gasteiger partial charge is 0.303 e. The van der Waals surface area contributed by atoms with Gasteiger partial charge < -0.3 is 5.11 Å². The maximum absolute atomic E-state index is 12.4. The highest BCUT2D eigenvalue weighted by atomic mass is 32.2. The fraction of sp³-hybridized carbons (Fsp3) is 0.500. The Labute approximate surface area is 113 Å². The maximum Gasteiger partial charge on any atom is 0.303 e. The van der Waals surface area contributed by atoms with Gasteiger partial charge in [-0.25, -0.2) is 8.42 Å². The van der Waals surface area contributed by atoms with Gasteiger partial charge in [-0.05, 0) is 30.7 Å². The molecule has 104 valence electrons. The summed E-state index contributed by atoms with van der Waals surface area (Å²) in [4.78, 5) is 10.8. The van der Waals surface area contributed by atoms with Crippen LogP contribution in [-0.2, 0) is 14.6 Å². The number of carboxylic acid groups (broad SMARTS) is 1. The van der Waals surface area contributed by atoms with Gasteiger partial charge in [0.2, 0.25) is 0 Å². The van der Waals surface area contributed by atoms with Crippen molar-refractivity contribution in [1.29, 1.82) is 0 Å². The van der Waals surface area contributed by atoms with Crippen molar-refractivity contribution < 1.29 is 18.3 Å². The van der Waals surface area contributed by atoms with E-state index in [4.69, 9.17) is 5.11 Å². The molecule has 1 fully saturated rings. The molecule has 19 heavy (non-hydrogen) atoms. The van der Waals surface area contributed by atoms with Crippen LogP contribution in [0.2, 0.25) is 0 Å². The molecule has 0 bridgehead atoms. The van der Waals surface area contributed by atoms with Gasteiger partial charge >= 0.3 is 5.97 Å². The Hall–Kier alpha value is -1.36. The molecule has 0 amide bonds. The molecule has 5 heteroatoms. The van der Waals surface area contributed by atoms with Gasteiger partial charge in [-0.2, -0.15) is 0 Å². The lowest BCUT2D eigenvalue weighted by Gasteiger charge is -2.18. The van der Waals surface area contributed by atoms with Gasteiger partial charge in [0.1, 0.15) is 0 Å². The molecule has 1 aromatic rings. The van der Waals surface area contributed by atoms with Crippen LogP contribution in [0.5, 0.6) is 0 Å². The molecule has 2 rings (SSSR count). The first-order valence-corrected chi connectivity index (χ1v) is 8.05. The zero-order valence-electron chi connectivity index (χ0n) is 10.9. The summed E-state index contributed by atoms with van der Waals surface area (Å²) in [5, 5.41) is 8.26. The number of benzene rings is 1. The predicted molar refractivity (Wildman–Crippen MR) is 72.6 cm³/mol. The highest BCUT2D eigenvalue weighted by Crippen LogP contribution is 2.51. The molecule has 1 aliphatic rings. The monoisotopic (exact) mass is 282 g/mol. The van der Waals surface area contributed by atoms with Crippen LogP contribution in [0, 0.1) is 5.41 Å². The minimum absolute atomic E-state index is 0.0254. The third-order valence-electron chi connectivity index (χ3n) is 3.80. The van der Waals surface area contributed by atoms with Crippen molar-refractivity contribution in [1.82, 2.24) is 0 Å². The Kier molecular flexibility index (Phi) is 3.67. The number of hydrogen-bond donors (Lipinski definition) is 1. The Bertz CT molecular complexity index is 558. The molecule has 0 heterocycles. The van der Waals surface area contributed by atoms with Crippen LogP contribution in [-0.4, -0.2) is 25.2 Å². The van der Waals surface area contributed by atoms with E-state index >= 15 is 0 Å². The van der Waals surface area contributed by atoms with E-state index in [1.54, 1.807) is 19.1 Å². The highest BCUT2D eigenvalue weighted by molar-refractivity contribution is 7.91. The van der Waals surface area contributed by atoms with E-state index in [0.717, 1.165) is 5.56 Å². The fourth-order valence-corrected chi connectivity index (χ4v) is 4.42. The summed E-state index contributed by atoms with van der Waals surface area (Å²) in [7, 11) is -3.32.